The molecule has 1 aliphatic rings. The van der Waals surface area contributed by atoms with E-state index in [1.165, 1.54) is 5.56 Å². The van der Waals surface area contributed by atoms with Crippen molar-refractivity contribution in [2.45, 2.75) is 32.0 Å². The standard InChI is InChI=1S/C15H21NO3/c17-15(18)8-10-16-9-4-7-14(11-16)19-12-13-5-2-1-3-6-13/h1-3,5-6,14H,4,7-12H2,(H,17,18). The van der Waals surface area contributed by atoms with Crippen LogP contribution in [0.3, 0.4) is 0 Å². The summed E-state index contributed by atoms with van der Waals surface area (Å²) in [5, 5.41) is 8.70. The Kier molecular flexibility index (Phi) is 5.36. The summed E-state index contributed by atoms with van der Waals surface area (Å²) in [7, 11) is 0. The smallest absolute Gasteiger partial charge is 0.304 e. The van der Waals surface area contributed by atoms with Gasteiger partial charge in [-0.2, -0.15) is 0 Å². The molecule has 1 aromatic rings. The minimum absolute atomic E-state index is 0.214. The van der Waals surface area contributed by atoms with E-state index in [2.05, 4.69) is 17.0 Å². The van der Waals surface area contributed by atoms with Crippen LogP contribution in [0.4, 0.5) is 0 Å². The molecule has 1 fully saturated rings. The Morgan fingerprint density at radius 2 is 2.16 bits per heavy atom. The fourth-order valence-corrected chi connectivity index (χ4v) is 2.39. The Bertz CT molecular complexity index is 394. The average Bonchev–Trinajstić information content (AvgIpc) is 2.44. The van der Waals surface area contributed by atoms with Gasteiger partial charge in [-0.15, -0.1) is 0 Å². The minimum Gasteiger partial charge on any atom is -0.481 e. The molecule has 4 nitrogen and oxygen atoms in total. The number of carboxylic acids is 1. The number of aliphatic carboxylic acids is 1. The number of likely N-dealkylation sites (tertiary alicyclic amines) is 1. The van der Waals surface area contributed by atoms with E-state index in [0.29, 0.717) is 13.2 Å². The predicted molar refractivity (Wildman–Crippen MR) is 72.9 cm³/mol. The van der Waals surface area contributed by atoms with Crippen molar-refractivity contribution in [3.8, 4) is 0 Å². The molecule has 1 N–H and O–H groups in total. The highest BCUT2D eigenvalue weighted by molar-refractivity contribution is 5.66. The maximum Gasteiger partial charge on any atom is 0.304 e. The Morgan fingerprint density at radius 3 is 2.89 bits per heavy atom. The van der Waals surface area contributed by atoms with Gasteiger partial charge in [0.1, 0.15) is 0 Å². The van der Waals surface area contributed by atoms with Gasteiger partial charge in [0.15, 0.2) is 0 Å². The highest BCUT2D eigenvalue weighted by Gasteiger charge is 2.20. The number of hydrogen-bond donors (Lipinski definition) is 1. The molecule has 0 aliphatic carbocycles. The molecule has 1 saturated heterocycles. The molecule has 1 aromatic carbocycles. The Labute approximate surface area is 114 Å². The number of rotatable bonds is 6. The van der Waals surface area contributed by atoms with Gasteiger partial charge in [0.2, 0.25) is 0 Å². The van der Waals surface area contributed by atoms with Gasteiger partial charge < -0.3 is 14.7 Å². The zero-order valence-electron chi connectivity index (χ0n) is 11.1. The summed E-state index contributed by atoms with van der Waals surface area (Å²) in [4.78, 5) is 12.8. The summed E-state index contributed by atoms with van der Waals surface area (Å²) in [6, 6.07) is 10.1. The van der Waals surface area contributed by atoms with Gasteiger partial charge in [-0.1, -0.05) is 30.3 Å². The number of hydrogen-bond acceptors (Lipinski definition) is 3. The molecule has 0 spiro atoms. The monoisotopic (exact) mass is 263 g/mol. The summed E-state index contributed by atoms with van der Waals surface area (Å²) in [5.41, 5.74) is 1.19. The lowest BCUT2D eigenvalue weighted by Crippen LogP contribution is -2.40. The summed E-state index contributed by atoms with van der Waals surface area (Å²) >= 11 is 0. The number of ether oxygens (including phenoxy) is 1. The molecule has 4 heteroatoms. The van der Waals surface area contributed by atoms with Crippen LogP contribution in [0, 0.1) is 0 Å². The maximum atomic E-state index is 10.6. The van der Waals surface area contributed by atoms with Crippen LogP contribution in [0.1, 0.15) is 24.8 Å². The fourth-order valence-electron chi connectivity index (χ4n) is 2.39. The second kappa shape index (κ2) is 7.26. The second-order valence-corrected chi connectivity index (χ2v) is 5.01. The summed E-state index contributed by atoms with van der Waals surface area (Å²) in [6.45, 7) is 3.09. The molecule has 0 amide bonds. The molecular weight excluding hydrogens is 242 g/mol. The van der Waals surface area contributed by atoms with Gasteiger partial charge in [0, 0.05) is 13.1 Å². The largest absolute Gasteiger partial charge is 0.481 e. The van der Waals surface area contributed by atoms with E-state index in [9.17, 15) is 4.79 Å². The number of carbonyl (C=O) groups is 1. The molecule has 2 rings (SSSR count). The Morgan fingerprint density at radius 1 is 1.37 bits per heavy atom. The molecule has 19 heavy (non-hydrogen) atoms. The van der Waals surface area contributed by atoms with Crippen molar-refractivity contribution in [3.05, 3.63) is 35.9 Å². The summed E-state index contributed by atoms with van der Waals surface area (Å²) < 4.78 is 5.92. The van der Waals surface area contributed by atoms with E-state index >= 15 is 0 Å². The van der Waals surface area contributed by atoms with Crippen molar-refractivity contribution >= 4 is 5.97 Å². The third-order valence-corrected chi connectivity index (χ3v) is 3.43. The van der Waals surface area contributed by atoms with Crippen molar-refractivity contribution in [3.63, 3.8) is 0 Å². The molecule has 1 aliphatic heterocycles. The van der Waals surface area contributed by atoms with Crippen LogP contribution in [0.2, 0.25) is 0 Å². The van der Waals surface area contributed by atoms with Gasteiger partial charge in [-0.3, -0.25) is 4.79 Å². The summed E-state index contributed by atoms with van der Waals surface area (Å²) in [5.74, 6) is -0.729. The second-order valence-electron chi connectivity index (χ2n) is 5.01. The van der Waals surface area contributed by atoms with Crippen LogP contribution in [0.25, 0.3) is 0 Å². The van der Waals surface area contributed by atoms with Crippen molar-refractivity contribution in [1.29, 1.82) is 0 Å². The molecule has 0 aromatic heterocycles. The first-order chi connectivity index (χ1) is 9.24. The van der Waals surface area contributed by atoms with E-state index in [1.807, 2.05) is 18.2 Å². The van der Waals surface area contributed by atoms with Crippen molar-refractivity contribution in [2.24, 2.45) is 0 Å². The van der Waals surface area contributed by atoms with E-state index in [-0.39, 0.29) is 12.5 Å². The van der Waals surface area contributed by atoms with Crippen LogP contribution in [-0.2, 0) is 16.1 Å². The molecule has 0 radical (unpaired) electrons. The van der Waals surface area contributed by atoms with Gasteiger partial charge in [0.25, 0.3) is 0 Å². The number of benzene rings is 1. The Hall–Kier alpha value is -1.39. The van der Waals surface area contributed by atoms with Crippen LogP contribution < -0.4 is 0 Å². The highest BCUT2D eigenvalue weighted by atomic mass is 16.5. The molecule has 1 unspecified atom stereocenters. The van der Waals surface area contributed by atoms with Crippen molar-refractivity contribution in [2.75, 3.05) is 19.6 Å². The Balaban J connectivity index is 1.73. The normalized spacial score (nSPS) is 20.3. The van der Waals surface area contributed by atoms with E-state index in [1.54, 1.807) is 0 Å². The molecular formula is C15H21NO3. The molecule has 1 heterocycles. The summed E-state index contributed by atoms with van der Waals surface area (Å²) in [6.07, 6.45) is 2.59. The van der Waals surface area contributed by atoms with E-state index in [0.717, 1.165) is 25.9 Å². The third kappa shape index (κ3) is 5.01. The van der Waals surface area contributed by atoms with Gasteiger partial charge in [0.05, 0.1) is 19.1 Å². The van der Waals surface area contributed by atoms with Crippen LogP contribution >= 0.6 is 0 Å². The van der Waals surface area contributed by atoms with Gasteiger partial charge in [-0.05, 0) is 24.9 Å². The van der Waals surface area contributed by atoms with Crippen molar-refractivity contribution in [1.82, 2.24) is 4.90 Å². The lowest BCUT2D eigenvalue weighted by atomic mass is 10.1. The van der Waals surface area contributed by atoms with Gasteiger partial charge >= 0.3 is 5.97 Å². The lowest BCUT2D eigenvalue weighted by molar-refractivity contribution is -0.137. The molecule has 0 bridgehead atoms. The zero-order chi connectivity index (χ0) is 13.5. The minimum atomic E-state index is -0.729. The SMILES string of the molecule is O=C(O)CCN1CCCC(OCc2ccccc2)C1. The van der Waals surface area contributed by atoms with Crippen LogP contribution in [0.5, 0.6) is 0 Å². The molecule has 0 saturated carbocycles. The van der Waals surface area contributed by atoms with Crippen molar-refractivity contribution < 1.29 is 14.6 Å². The molecule has 104 valence electrons. The van der Waals surface area contributed by atoms with Crippen LogP contribution in [0.15, 0.2) is 30.3 Å². The highest BCUT2D eigenvalue weighted by Crippen LogP contribution is 2.15. The topological polar surface area (TPSA) is 49.8 Å². The quantitative estimate of drug-likeness (QED) is 0.854. The zero-order valence-corrected chi connectivity index (χ0v) is 11.1. The molecule has 1 atom stereocenters. The first kappa shape index (κ1) is 14.0. The third-order valence-electron chi connectivity index (χ3n) is 3.43. The van der Waals surface area contributed by atoms with Crippen LogP contribution in [-0.4, -0.2) is 41.7 Å². The van der Waals surface area contributed by atoms with Gasteiger partial charge in [-0.25, -0.2) is 0 Å². The first-order valence-electron chi connectivity index (χ1n) is 6.84. The van der Waals surface area contributed by atoms with E-state index in [4.69, 9.17) is 9.84 Å². The lowest BCUT2D eigenvalue weighted by Gasteiger charge is -2.32. The predicted octanol–water partition coefficient (Wildman–Crippen LogP) is 2.14. The van der Waals surface area contributed by atoms with E-state index < -0.39 is 5.97 Å². The number of nitrogens with zero attached hydrogens (tertiary/aromatic N) is 1. The fraction of sp³-hybridized carbons (Fsp3) is 0.533. The maximum absolute atomic E-state index is 10.6. The average molecular weight is 263 g/mol. The number of carboxylic acid groups (broad SMARTS) is 1. The first-order valence-corrected chi connectivity index (χ1v) is 6.84. The number of piperidine rings is 1.